The molecule has 0 heterocycles. The van der Waals surface area contributed by atoms with Gasteiger partial charge in [0.15, 0.2) is 0 Å². The minimum absolute atomic E-state index is 0.382. The van der Waals surface area contributed by atoms with E-state index in [0.29, 0.717) is 0 Å². The molecule has 0 bridgehead atoms. The Morgan fingerprint density at radius 2 is 1.87 bits per heavy atom. The molecule has 0 aromatic rings. The summed E-state index contributed by atoms with van der Waals surface area (Å²) in [4.78, 5) is 37.2. The largest absolute Gasteiger partial charge is 0.469 e. The third kappa shape index (κ3) is 10.8. The standard InChI is InChI=1S/C5H10NO8P/c6-5(8)13-3-12-4(7)1-2-14-15(9,10)11/h1-3H2,(H2,6,8)(H2,9,10,11). The molecule has 0 aliphatic carbocycles. The molecule has 0 aromatic carbocycles. The number of nitrogens with two attached hydrogens (primary N) is 1. The molecule has 10 heteroatoms. The molecular formula is C5H10NO8P. The van der Waals surface area contributed by atoms with E-state index < -0.39 is 33.3 Å². The van der Waals surface area contributed by atoms with Gasteiger partial charge in [-0.25, -0.2) is 9.36 Å². The summed E-state index contributed by atoms with van der Waals surface area (Å²) < 4.78 is 22.4. The SMILES string of the molecule is NC(=O)OCOC(=O)CCOP(=O)(O)O. The number of amides is 1. The first kappa shape index (κ1) is 13.8. The number of hydrogen-bond acceptors (Lipinski definition) is 6. The summed E-state index contributed by atoms with van der Waals surface area (Å²) in [5.74, 6) is -0.843. The number of phosphoric acid groups is 1. The van der Waals surface area contributed by atoms with Gasteiger partial charge in [0.2, 0.25) is 6.79 Å². The molecule has 0 spiro atoms. The first-order chi connectivity index (χ1) is 6.81. The van der Waals surface area contributed by atoms with Crippen LogP contribution in [0.1, 0.15) is 6.42 Å². The van der Waals surface area contributed by atoms with Crippen molar-refractivity contribution in [2.75, 3.05) is 13.4 Å². The van der Waals surface area contributed by atoms with Gasteiger partial charge in [-0.3, -0.25) is 9.32 Å². The number of ether oxygens (including phenoxy) is 2. The summed E-state index contributed by atoms with van der Waals surface area (Å²) in [5, 5.41) is 0. The van der Waals surface area contributed by atoms with Crippen LogP contribution in [-0.2, 0) is 23.4 Å². The van der Waals surface area contributed by atoms with Crippen molar-refractivity contribution in [1.29, 1.82) is 0 Å². The second-order valence-corrected chi connectivity index (χ2v) is 3.41. The van der Waals surface area contributed by atoms with Gasteiger partial charge in [0.1, 0.15) is 0 Å². The van der Waals surface area contributed by atoms with E-state index in [9.17, 15) is 14.2 Å². The molecule has 88 valence electrons. The van der Waals surface area contributed by atoms with Crippen molar-refractivity contribution in [3.8, 4) is 0 Å². The summed E-state index contributed by atoms with van der Waals surface area (Å²) in [5.41, 5.74) is 4.56. The fourth-order valence-corrected chi connectivity index (χ4v) is 0.802. The maximum atomic E-state index is 10.7. The van der Waals surface area contributed by atoms with Crippen LogP contribution in [0.15, 0.2) is 0 Å². The Balaban J connectivity index is 3.50. The van der Waals surface area contributed by atoms with Crippen molar-refractivity contribution >= 4 is 19.9 Å². The smallest absolute Gasteiger partial charge is 0.428 e. The number of phosphoric ester groups is 1. The summed E-state index contributed by atoms with van der Waals surface area (Å²) in [7, 11) is -4.58. The van der Waals surface area contributed by atoms with Crippen molar-refractivity contribution in [2.24, 2.45) is 5.73 Å². The highest BCUT2D eigenvalue weighted by atomic mass is 31.2. The van der Waals surface area contributed by atoms with Crippen LogP contribution in [0.3, 0.4) is 0 Å². The number of primary amides is 1. The van der Waals surface area contributed by atoms with Crippen LogP contribution in [0.25, 0.3) is 0 Å². The Morgan fingerprint density at radius 1 is 1.27 bits per heavy atom. The molecule has 0 unspecified atom stereocenters. The van der Waals surface area contributed by atoms with E-state index in [2.05, 4.69) is 19.7 Å². The zero-order valence-corrected chi connectivity index (χ0v) is 8.38. The quantitative estimate of drug-likeness (QED) is 0.308. The molecule has 0 aliphatic heterocycles. The van der Waals surface area contributed by atoms with E-state index in [0.717, 1.165) is 0 Å². The highest BCUT2D eigenvalue weighted by molar-refractivity contribution is 7.46. The predicted molar refractivity (Wildman–Crippen MR) is 44.2 cm³/mol. The van der Waals surface area contributed by atoms with Crippen LogP contribution in [-0.4, -0.2) is 35.2 Å². The highest BCUT2D eigenvalue weighted by Gasteiger charge is 2.14. The molecule has 15 heavy (non-hydrogen) atoms. The fraction of sp³-hybridized carbons (Fsp3) is 0.600. The van der Waals surface area contributed by atoms with Gasteiger partial charge >= 0.3 is 19.9 Å². The average molecular weight is 243 g/mol. The molecule has 4 N–H and O–H groups in total. The Labute approximate surface area is 84.3 Å². The molecule has 9 nitrogen and oxygen atoms in total. The Hall–Kier alpha value is -1.15. The lowest BCUT2D eigenvalue weighted by Gasteiger charge is -2.05. The third-order valence-corrected chi connectivity index (χ3v) is 1.51. The molecule has 0 aromatic heterocycles. The Kier molecular flexibility index (Phi) is 5.87. The summed E-state index contributed by atoms with van der Waals surface area (Å²) in [6.07, 6.45) is -1.48. The summed E-state index contributed by atoms with van der Waals surface area (Å²) >= 11 is 0. The van der Waals surface area contributed by atoms with Crippen LogP contribution in [0.4, 0.5) is 4.79 Å². The van der Waals surface area contributed by atoms with E-state index in [1.165, 1.54) is 0 Å². The van der Waals surface area contributed by atoms with Gasteiger partial charge in [-0.2, -0.15) is 0 Å². The lowest BCUT2D eigenvalue weighted by atomic mass is 10.5. The average Bonchev–Trinajstić information content (AvgIpc) is 2.00. The minimum atomic E-state index is -4.58. The number of carbonyl (C=O) groups excluding carboxylic acids is 2. The molecule has 1 amide bonds. The van der Waals surface area contributed by atoms with Gasteiger partial charge in [0, 0.05) is 0 Å². The van der Waals surface area contributed by atoms with E-state index >= 15 is 0 Å². The number of hydrogen-bond donors (Lipinski definition) is 3. The number of carbonyl (C=O) groups is 2. The van der Waals surface area contributed by atoms with Crippen molar-refractivity contribution in [3.63, 3.8) is 0 Å². The first-order valence-corrected chi connectivity index (χ1v) is 5.12. The first-order valence-electron chi connectivity index (χ1n) is 3.59. The summed E-state index contributed by atoms with van der Waals surface area (Å²) in [6, 6.07) is 0. The number of rotatable bonds is 6. The topological polar surface area (TPSA) is 145 Å². The third-order valence-electron chi connectivity index (χ3n) is 0.987. The molecule has 0 atom stereocenters. The maximum Gasteiger partial charge on any atom is 0.469 e. The van der Waals surface area contributed by atoms with Crippen molar-refractivity contribution < 1.29 is 37.9 Å². The van der Waals surface area contributed by atoms with Gasteiger partial charge in [-0.05, 0) is 0 Å². The summed E-state index contributed by atoms with van der Waals surface area (Å²) in [6.45, 7) is -1.15. The van der Waals surface area contributed by atoms with Gasteiger partial charge in [0.25, 0.3) is 0 Å². The fourth-order valence-electron chi connectivity index (χ4n) is 0.473. The normalized spacial score (nSPS) is 10.8. The second kappa shape index (κ2) is 6.36. The lowest BCUT2D eigenvalue weighted by molar-refractivity contribution is -0.152. The zero-order valence-electron chi connectivity index (χ0n) is 7.49. The van der Waals surface area contributed by atoms with Crippen LogP contribution in [0.5, 0.6) is 0 Å². The van der Waals surface area contributed by atoms with Crippen LogP contribution in [0.2, 0.25) is 0 Å². The van der Waals surface area contributed by atoms with Gasteiger partial charge in [-0.1, -0.05) is 0 Å². The van der Waals surface area contributed by atoms with Gasteiger partial charge in [0.05, 0.1) is 13.0 Å². The highest BCUT2D eigenvalue weighted by Crippen LogP contribution is 2.35. The minimum Gasteiger partial charge on any atom is -0.428 e. The van der Waals surface area contributed by atoms with Crippen molar-refractivity contribution in [2.45, 2.75) is 6.42 Å². The Bertz CT molecular complexity index is 272. The van der Waals surface area contributed by atoms with E-state index in [4.69, 9.17) is 9.79 Å². The molecule has 0 rings (SSSR count). The monoisotopic (exact) mass is 243 g/mol. The van der Waals surface area contributed by atoms with Crippen LogP contribution >= 0.6 is 7.82 Å². The molecular weight excluding hydrogens is 233 g/mol. The molecule has 0 aliphatic rings. The van der Waals surface area contributed by atoms with Crippen LogP contribution in [0, 0.1) is 0 Å². The van der Waals surface area contributed by atoms with Crippen LogP contribution < -0.4 is 5.73 Å². The van der Waals surface area contributed by atoms with Crippen molar-refractivity contribution in [1.82, 2.24) is 0 Å². The van der Waals surface area contributed by atoms with E-state index in [-0.39, 0.29) is 6.42 Å². The van der Waals surface area contributed by atoms with Gasteiger partial charge in [-0.15, -0.1) is 0 Å². The van der Waals surface area contributed by atoms with E-state index in [1.807, 2.05) is 0 Å². The Morgan fingerprint density at radius 3 is 2.33 bits per heavy atom. The predicted octanol–water partition coefficient (Wildman–Crippen LogP) is -0.918. The number of esters is 1. The second-order valence-electron chi connectivity index (χ2n) is 2.17. The maximum absolute atomic E-state index is 10.7. The van der Waals surface area contributed by atoms with E-state index in [1.54, 1.807) is 0 Å². The molecule has 0 radical (unpaired) electrons. The molecule has 0 saturated heterocycles. The van der Waals surface area contributed by atoms with Gasteiger partial charge < -0.3 is 25.0 Å². The van der Waals surface area contributed by atoms with Crippen molar-refractivity contribution in [3.05, 3.63) is 0 Å². The lowest BCUT2D eigenvalue weighted by Crippen LogP contribution is -2.18. The molecule has 0 fully saturated rings. The molecule has 0 saturated carbocycles. The zero-order chi connectivity index (χ0) is 11.9.